The van der Waals surface area contributed by atoms with E-state index in [4.69, 9.17) is 5.73 Å². The van der Waals surface area contributed by atoms with E-state index in [-0.39, 0.29) is 5.91 Å². The van der Waals surface area contributed by atoms with E-state index >= 15 is 0 Å². The molecular formula is C12H22N2O. The third-order valence-corrected chi connectivity index (χ3v) is 4.12. The molecule has 3 nitrogen and oxygen atoms in total. The average Bonchev–Trinajstić information content (AvgIpc) is 3.06. The summed E-state index contributed by atoms with van der Waals surface area (Å²) in [7, 11) is 1.90. The highest BCUT2D eigenvalue weighted by molar-refractivity contribution is 5.86. The first-order valence-electron chi connectivity index (χ1n) is 6.00. The number of rotatable bonds is 4. The summed E-state index contributed by atoms with van der Waals surface area (Å²) in [5, 5.41) is 0. The van der Waals surface area contributed by atoms with Gasteiger partial charge in [-0.2, -0.15) is 0 Å². The Morgan fingerprint density at radius 3 is 2.33 bits per heavy atom. The predicted molar refractivity (Wildman–Crippen MR) is 60.3 cm³/mol. The summed E-state index contributed by atoms with van der Waals surface area (Å²) in [4.78, 5) is 14.1. The van der Waals surface area contributed by atoms with Gasteiger partial charge in [0.15, 0.2) is 0 Å². The second-order valence-corrected chi connectivity index (χ2v) is 5.55. The first kappa shape index (κ1) is 10.9. The smallest absolute Gasteiger partial charge is 0.242 e. The minimum atomic E-state index is -0.627. The summed E-state index contributed by atoms with van der Waals surface area (Å²) in [6.45, 7) is 4.03. The molecule has 0 aromatic rings. The van der Waals surface area contributed by atoms with Crippen LogP contribution in [-0.4, -0.2) is 29.4 Å². The van der Waals surface area contributed by atoms with Gasteiger partial charge >= 0.3 is 0 Å². The van der Waals surface area contributed by atoms with E-state index in [9.17, 15) is 4.79 Å². The van der Waals surface area contributed by atoms with Crippen LogP contribution >= 0.6 is 0 Å². The second kappa shape index (κ2) is 3.48. The Morgan fingerprint density at radius 2 is 1.93 bits per heavy atom. The molecule has 0 saturated heterocycles. The number of carbonyl (C=O) groups is 1. The number of nitrogens with two attached hydrogens (primary N) is 1. The third kappa shape index (κ3) is 2.03. The fourth-order valence-corrected chi connectivity index (χ4v) is 2.32. The van der Waals surface area contributed by atoms with Crippen LogP contribution in [0.25, 0.3) is 0 Å². The molecule has 2 aliphatic rings. The monoisotopic (exact) mass is 210 g/mol. The normalized spacial score (nSPS) is 26.9. The minimum Gasteiger partial charge on any atom is -0.341 e. The summed E-state index contributed by atoms with van der Waals surface area (Å²) in [5.74, 6) is 1.26. The largest absolute Gasteiger partial charge is 0.341 e. The van der Waals surface area contributed by atoms with Gasteiger partial charge in [0.25, 0.3) is 0 Å². The van der Waals surface area contributed by atoms with E-state index in [0.717, 1.165) is 12.8 Å². The maximum Gasteiger partial charge on any atom is 0.242 e. The summed E-state index contributed by atoms with van der Waals surface area (Å²) in [6.07, 6.45) is 4.77. The molecule has 0 radical (unpaired) electrons. The Labute approximate surface area is 92.0 Å². The minimum absolute atomic E-state index is 0.129. The number of likely N-dealkylation sites (N-methyl/N-ethyl adjacent to an activating group) is 1. The molecule has 2 rings (SSSR count). The van der Waals surface area contributed by atoms with Gasteiger partial charge in [0.05, 0.1) is 5.54 Å². The Balaban J connectivity index is 1.99. The highest BCUT2D eigenvalue weighted by Crippen LogP contribution is 2.40. The molecule has 2 N–H and O–H groups in total. The van der Waals surface area contributed by atoms with Gasteiger partial charge in [0.2, 0.25) is 5.91 Å². The van der Waals surface area contributed by atoms with Crippen molar-refractivity contribution in [1.82, 2.24) is 4.90 Å². The van der Waals surface area contributed by atoms with Crippen LogP contribution in [0.4, 0.5) is 0 Å². The van der Waals surface area contributed by atoms with Crippen molar-refractivity contribution in [3.63, 3.8) is 0 Å². The summed E-state index contributed by atoms with van der Waals surface area (Å²) >= 11 is 0. The van der Waals surface area contributed by atoms with E-state index in [1.165, 1.54) is 12.8 Å². The van der Waals surface area contributed by atoms with E-state index in [1.807, 2.05) is 18.9 Å². The molecule has 2 unspecified atom stereocenters. The molecule has 2 fully saturated rings. The molecule has 2 saturated carbocycles. The molecule has 3 heteroatoms. The lowest BCUT2D eigenvalue weighted by Gasteiger charge is -2.33. The number of hydrogen-bond donors (Lipinski definition) is 1. The zero-order valence-corrected chi connectivity index (χ0v) is 9.99. The molecule has 0 spiro atoms. The average molecular weight is 210 g/mol. The highest BCUT2D eigenvalue weighted by Gasteiger charge is 2.47. The van der Waals surface area contributed by atoms with Gasteiger partial charge in [-0.15, -0.1) is 0 Å². The van der Waals surface area contributed by atoms with Crippen molar-refractivity contribution < 1.29 is 4.79 Å². The molecule has 0 bridgehead atoms. The van der Waals surface area contributed by atoms with Gasteiger partial charge in [-0.1, -0.05) is 0 Å². The lowest BCUT2D eigenvalue weighted by molar-refractivity contribution is -0.138. The number of carbonyl (C=O) groups excluding carboxylic acids is 1. The lowest BCUT2D eigenvalue weighted by Crippen LogP contribution is -2.56. The fourth-order valence-electron chi connectivity index (χ4n) is 2.32. The van der Waals surface area contributed by atoms with Crippen molar-refractivity contribution in [3.05, 3.63) is 0 Å². The van der Waals surface area contributed by atoms with Crippen molar-refractivity contribution in [2.45, 2.75) is 51.1 Å². The first-order chi connectivity index (χ1) is 6.94. The second-order valence-electron chi connectivity index (χ2n) is 5.55. The number of nitrogens with zero attached hydrogens (tertiary/aromatic N) is 1. The van der Waals surface area contributed by atoms with Crippen LogP contribution in [0.1, 0.15) is 39.5 Å². The Kier molecular flexibility index (Phi) is 2.53. The lowest BCUT2D eigenvalue weighted by atomic mass is 9.94. The summed E-state index contributed by atoms with van der Waals surface area (Å²) in [5.41, 5.74) is 5.51. The van der Waals surface area contributed by atoms with E-state index < -0.39 is 5.54 Å². The Morgan fingerprint density at radius 1 is 1.40 bits per heavy atom. The van der Waals surface area contributed by atoms with Crippen LogP contribution in [0.15, 0.2) is 0 Å². The zero-order valence-electron chi connectivity index (χ0n) is 9.99. The zero-order chi connectivity index (χ0) is 11.2. The van der Waals surface area contributed by atoms with Crippen molar-refractivity contribution in [2.24, 2.45) is 17.6 Å². The van der Waals surface area contributed by atoms with Crippen LogP contribution in [0, 0.1) is 11.8 Å². The van der Waals surface area contributed by atoms with E-state index in [1.54, 1.807) is 0 Å². The maximum absolute atomic E-state index is 12.2. The number of amides is 1. The summed E-state index contributed by atoms with van der Waals surface area (Å²) in [6, 6.07) is 0.360. The Hall–Kier alpha value is -0.570. The third-order valence-electron chi connectivity index (χ3n) is 4.12. The molecule has 15 heavy (non-hydrogen) atoms. The van der Waals surface area contributed by atoms with Gasteiger partial charge in [-0.05, 0) is 51.4 Å². The van der Waals surface area contributed by atoms with Gasteiger partial charge < -0.3 is 10.6 Å². The first-order valence-corrected chi connectivity index (χ1v) is 6.00. The standard InChI is InChI=1S/C12H22N2O/c1-8(9-4-5-9)14(3)11(15)12(2,13)10-6-7-10/h8-10H,4-7,13H2,1-3H3. The number of hydrogen-bond acceptors (Lipinski definition) is 2. The fraction of sp³-hybridized carbons (Fsp3) is 0.917. The molecule has 0 aromatic carbocycles. The SMILES string of the molecule is CC(C1CC1)N(C)C(=O)C(C)(N)C1CC1. The van der Waals surface area contributed by atoms with Crippen LogP contribution in [0.3, 0.4) is 0 Å². The molecule has 2 atom stereocenters. The molecule has 0 aliphatic heterocycles. The van der Waals surface area contributed by atoms with Crippen molar-refractivity contribution in [1.29, 1.82) is 0 Å². The molecular weight excluding hydrogens is 188 g/mol. The predicted octanol–water partition coefficient (Wildman–Crippen LogP) is 1.37. The van der Waals surface area contributed by atoms with Gasteiger partial charge in [0.1, 0.15) is 0 Å². The van der Waals surface area contributed by atoms with Crippen molar-refractivity contribution in [2.75, 3.05) is 7.05 Å². The van der Waals surface area contributed by atoms with E-state index in [0.29, 0.717) is 17.9 Å². The van der Waals surface area contributed by atoms with Crippen LogP contribution in [-0.2, 0) is 4.79 Å². The Bertz CT molecular complexity index is 267. The topological polar surface area (TPSA) is 46.3 Å². The van der Waals surface area contributed by atoms with Crippen molar-refractivity contribution in [3.8, 4) is 0 Å². The van der Waals surface area contributed by atoms with Crippen molar-refractivity contribution >= 4 is 5.91 Å². The van der Waals surface area contributed by atoms with Crippen LogP contribution < -0.4 is 5.73 Å². The quantitative estimate of drug-likeness (QED) is 0.761. The van der Waals surface area contributed by atoms with Gasteiger partial charge in [-0.25, -0.2) is 0 Å². The van der Waals surface area contributed by atoms with Crippen LogP contribution in [0.2, 0.25) is 0 Å². The molecule has 1 amide bonds. The molecule has 2 aliphatic carbocycles. The van der Waals surface area contributed by atoms with Gasteiger partial charge in [0, 0.05) is 13.1 Å². The molecule has 0 heterocycles. The molecule has 0 aromatic heterocycles. The van der Waals surface area contributed by atoms with Gasteiger partial charge in [-0.3, -0.25) is 4.79 Å². The maximum atomic E-state index is 12.2. The van der Waals surface area contributed by atoms with Crippen LogP contribution in [0.5, 0.6) is 0 Å². The van der Waals surface area contributed by atoms with E-state index in [2.05, 4.69) is 6.92 Å². The summed E-state index contributed by atoms with van der Waals surface area (Å²) < 4.78 is 0. The molecule has 86 valence electrons. The highest BCUT2D eigenvalue weighted by atomic mass is 16.2.